The molecule has 3 nitrogen and oxygen atoms in total. The minimum absolute atomic E-state index is 0. The number of hydrogen-bond donors (Lipinski definition) is 2. The number of halogens is 1. The summed E-state index contributed by atoms with van der Waals surface area (Å²) in [6.45, 7) is 5.48. The summed E-state index contributed by atoms with van der Waals surface area (Å²) in [6, 6.07) is 0. The molecule has 0 saturated carbocycles. The molecule has 0 aliphatic rings. The van der Waals surface area contributed by atoms with Crippen LogP contribution in [-0.2, 0) is 4.79 Å². The monoisotopic (exact) mass is 207 g/mol. The first kappa shape index (κ1) is 15.0. The number of carboxylic acid groups (broad SMARTS) is 1. The summed E-state index contributed by atoms with van der Waals surface area (Å²) < 4.78 is 0. The van der Waals surface area contributed by atoms with E-state index in [9.17, 15) is 4.79 Å². The largest absolute Gasteiger partial charge is 0.481 e. The Bertz CT molecular complexity index is 173. The smallest absolute Gasteiger partial charge is 0.305 e. The average molecular weight is 208 g/mol. The lowest BCUT2D eigenvalue weighted by Gasteiger charge is -2.25. The predicted octanol–water partition coefficient (Wildman–Crippen LogP) is 1.96. The molecule has 4 heteroatoms. The fraction of sp³-hybridized carbons (Fsp3) is 0.667. The standard InChI is InChI=1S/C9H17NO2.ClH/c1-3-5-6-9(10,4-2)7-8(11)12;/h3H,1,4-7,10H2,2H3,(H,11,12);1H/t9-;/m1./s1. The predicted molar refractivity (Wildman–Crippen MR) is 56.1 cm³/mol. The van der Waals surface area contributed by atoms with Crippen molar-refractivity contribution >= 4 is 18.4 Å². The zero-order valence-corrected chi connectivity index (χ0v) is 8.77. The molecule has 78 valence electrons. The van der Waals surface area contributed by atoms with Crippen LogP contribution in [0.25, 0.3) is 0 Å². The first-order valence-electron chi connectivity index (χ1n) is 4.15. The molecule has 0 saturated heterocycles. The maximum Gasteiger partial charge on any atom is 0.305 e. The maximum atomic E-state index is 10.4. The molecule has 0 aromatic rings. The van der Waals surface area contributed by atoms with Crippen LogP contribution in [0, 0.1) is 0 Å². The molecule has 0 aliphatic heterocycles. The van der Waals surface area contributed by atoms with E-state index >= 15 is 0 Å². The van der Waals surface area contributed by atoms with E-state index in [1.165, 1.54) is 0 Å². The molecule has 13 heavy (non-hydrogen) atoms. The highest BCUT2D eigenvalue weighted by Crippen LogP contribution is 2.18. The topological polar surface area (TPSA) is 63.3 Å². The van der Waals surface area contributed by atoms with Crippen LogP contribution < -0.4 is 5.73 Å². The first-order chi connectivity index (χ1) is 5.54. The zero-order chi connectivity index (χ0) is 9.61. The lowest BCUT2D eigenvalue weighted by molar-refractivity contribution is -0.138. The summed E-state index contributed by atoms with van der Waals surface area (Å²) in [5, 5.41) is 8.57. The van der Waals surface area contributed by atoms with Gasteiger partial charge in [-0.3, -0.25) is 4.79 Å². The highest BCUT2D eigenvalue weighted by atomic mass is 35.5. The van der Waals surface area contributed by atoms with Crippen LogP contribution in [0.2, 0.25) is 0 Å². The third-order valence-corrected chi connectivity index (χ3v) is 2.05. The summed E-state index contributed by atoms with van der Waals surface area (Å²) in [7, 11) is 0. The van der Waals surface area contributed by atoms with Crippen LogP contribution >= 0.6 is 12.4 Å². The van der Waals surface area contributed by atoms with E-state index in [0.29, 0.717) is 12.8 Å². The molecule has 0 aromatic heterocycles. The fourth-order valence-electron chi connectivity index (χ4n) is 1.08. The van der Waals surface area contributed by atoms with Crippen molar-refractivity contribution in [3.05, 3.63) is 12.7 Å². The lowest BCUT2D eigenvalue weighted by atomic mass is 9.88. The summed E-state index contributed by atoms with van der Waals surface area (Å²) in [5.41, 5.74) is 5.30. The molecular weight excluding hydrogens is 190 g/mol. The van der Waals surface area contributed by atoms with E-state index < -0.39 is 11.5 Å². The maximum absolute atomic E-state index is 10.4. The molecule has 0 aromatic carbocycles. The van der Waals surface area contributed by atoms with Gasteiger partial charge in [-0.25, -0.2) is 0 Å². The van der Waals surface area contributed by atoms with Gasteiger partial charge in [0, 0.05) is 5.54 Å². The van der Waals surface area contributed by atoms with Gasteiger partial charge in [-0.15, -0.1) is 19.0 Å². The van der Waals surface area contributed by atoms with Crippen molar-refractivity contribution < 1.29 is 9.90 Å². The normalized spacial score (nSPS) is 14.0. The number of aliphatic carboxylic acids is 1. The highest BCUT2D eigenvalue weighted by molar-refractivity contribution is 5.85. The number of carboxylic acids is 1. The molecule has 1 atom stereocenters. The van der Waals surface area contributed by atoms with Crippen molar-refractivity contribution in [1.29, 1.82) is 0 Å². The number of carbonyl (C=O) groups is 1. The molecule has 0 unspecified atom stereocenters. The molecule has 0 aliphatic carbocycles. The molecule has 0 amide bonds. The van der Waals surface area contributed by atoms with Crippen LogP contribution in [0.1, 0.15) is 32.6 Å². The number of rotatable bonds is 6. The van der Waals surface area contributed by atoms with Crippen LogP contribution in [0.15, 0.2) is 12.7 Å². The second-order valence-electron chi connectivity index (χ2n) is 3.11. The van der Waals surface area contributed by atoms with Crippen molar-refractivity contribution in [2.45, 2.75) is 38.1 Å². The van der Waals surface area contributed by atoms with Gasteiger partial charge in [0.1, 0.15) is 0 Å². The molecule has 0 fully saturated rings. The third-order valence-electron chi connectivity index (χ3n) is 2.05. The van der Waals surface area contributed by atoms with Crippen LogP contribution in [-0.4, -0.2) is 16.6 Å². The van der Waals surface area contributed by atoms with Gasteiger partial charge >= 0.3 is 5.97 Å². The minimum atomic E-state index is -0.830. The van der Waals surface area contributed by atoms with Crippen LogP contribution in [0.3, 0.4) is 0 Å². The van der Waals surface area contributed by atoms with E-state index in [-0.39, 0.29) is 18.8 Å². The van der Waals surface area contributed by atoms with Gasteiger partial charge in [-0.1, -0.05) is 13.0 Å². The average Bonchev–Trinajstić information content (AvgIpc) is 2.00. The van der Waals surface area contributed by atoms with E-state index in [4.69, 9.17) is 10.8 Å². The van der Waals surface area contributed by atoms with Gasteiger partial charge < -0.3 is 10.8 Å². The zero-order valence-electron chi connectivity index (χ0n) is 7.95. The second kappa shape index (κ2) is 6.92. The molecule has 0 radical (unpaired) electrons. The van der Waals surface area contributed by atoms with Gasteiger partial charge in [0.2, 0.25) is 0 Å². The Morgan fingerprint density at radius 1 is 1.69 bits per heavy atom. The van der Waals surface area contributed by atoms with E-state index in [1.54, 1.807) is 6.08 Å². The second-order valence-corrected chi connectivity index (χ2v) is 3.11. The molecule has 0 bridgehead atoms. The summed E-state index contributed by atoms with van der Waals surface area (Å²) >= 11 is 0. The number of allylic oxidation sites excluding steroid dienone is 1. The van der Waals surface area contributed by atoms with Gasteiger partial charge in [-0.05, 0) is 19.3 Å². The Labute approximate surface area is 85.4 Å². The lowest BCUT2D eigenvalue weighted by Crippen LogP contribution is -2.41. The van der Waals surface area contributed by atoms with Crippen molar-refractivity contribution in [2.75, 3.05) is 0 Å². The first-order valence-corrected chi connectivity index (χ1v) is 4.15. The van der Waals surface area contributed by atoms with E-state index in [0.717, 1.165) is 6.42 Å². The summed E-state index contributed by atoms with van der Waals surface area (Å²) in [4.78, 5) is 10.4. The molecule has 0 spiro atoms. The summed E-state index contributed by atoms with van der Waals surface area (Å²) in [6.07, 6.45) is 3.96. The Morgan fingerprint density at radius 2 is 2.23 bits per heavy atom. The van der Waals surface area contributed by atoms with Crippen molar-refractivity contribution in [3.63, 3.8) is 0 Å². The minimum Gasteiger partial charge on any atom is -0.481 e. The Balaban J connectivity index is 0. The van der Waals surface area contributed by atoms with E-state index in [1.807, 2.05) is 6.92 Å². The molecule has 0 rings (SSSR count). The van der Waals surface area contributed by atoms with Crippen LogP contribution in [0.5, 0.6) is 0 Å². The van der Waals surface area contributed by atoms with Crippen molar-refractivity contribution in [2.24, 2.45) is 5.73 Å². The SMILES string of the molecule is C=CCC[C@](N)(CC)CC(=O)O.Cl. The van der Waals surface area contributed by atoms with Crippen molar-refractivity contribution in [3.8, 4) is 0 Å². The quantitative estimate of drug-likeness (QED) is 0.655. The van der Waals surface area contributed by atoms with Gasteiger partial charge in [0.15, 0.2) is 0 Å². The number of hydrogen-bond acceptors (Lipinski definition) is 2. The fourth-order valence-corrected chi connectivity index (χ4v) is 1.08. The molecule has 3 N–H and O–H groups in total. The van der Waals surface area contributed by atoms with Gasteiger partial charge in [-0.2, -0.15) is 0 Å². The van der Waals surface area contributed by atoms with Crippen LogP contribution in [0.4, 0.5) is 0 Å². The number of nitrogens with two attached hydrogens (primary N) is 1. The van der Waals surface area contributed by atoms with Crippen molar-refractivity contribution in [1.82, 2.24) is 0 Å². The summed E-state index contributed by atoms with van der Waals surface area (Å²) in [5.74, 6) is -0.830. The Kier molecular flexibility index (Phi) is 7.96. The van der Waals surface area contributed by atoms with E-state index in [2.05, 4.69) is 6.58 Å². The van der Waals surface area contributed by atoms with Gasteiger partial charge in [0.05, 0.1) is 6.42 Å². The highest BCUT2D eigenvalue weighted by Gasteiger charge is 2.24. The third kappa shape index (κ3) is 6.61. The Morgan fingerprint density at radius 3 is 2.54 bits per heavy atom. The molecule has 0 heterocycles. The Hall–Kier alpha value is -0.540. The van der Waals surface area contributed by atoms with Gasteiger partial charge in [0.25, 0.3) is 0 Å². The molecular formula is C9H18ClNO2.